The Balaban J connectivity index is 1.69. The van der Waals surface area contributed by atoms with Gasteiger partial charge in [0.1, 0.15) is 5.82 Å². The SMILES string of the molecule is CCCCCc1ccc(C(=O)CCC(=O)NNC(=S)Nc2ccc(F)cc2)cc1. The fourth-order valence-corrected chi connectivity index (χ4v) is 2.86. The quantitative estimate of drug-likeness (QED) is 0.243. The lowest BCUT2D eigenvalue weighted by molar-refractivity contribution is -0.121. The summed E-state index contributed by atoms with van der Waals surface area (Å²) in [7, 11) is 0. The Kier molecular flexibility index (Phi) is 9.24. The summed E-state index contributed by atoms with van der Waals surface area (Å²) in [6.07, 6.45) is 4.70. The highest BCUT2D eigenvalue weighted by molar-refractivity contribution is 7.80. The van der Waals surface area contributed by atoms with Crippen LogP contribution in [0.5, 0.6) is 0 Å². The van der Waals surface area contributed by atoms with Crippen molar-refractivity contribution >= 4 is 34.7 Å². The summed E-state index contributed by atoms with van der Waals surface area (Å²) in [5.74, 6) is -0.774. The number of Topliss-reactive ketones (excluding diaryl/α,β-unsaturated/α-hetero) is 1. The summed E-state index contributed by atoms with van der Waals surface area (Å²) in [5.41, 5.74) is 7.42. The van der Waals surface area contributed by atoms with Crippen molar-refractivity contribution in [1.29, 1.82) is 0 Å². The van der Waals surface area contributed by atoms with Crippen LogP contribution in [-0.4, -0.2) is 16.8 Å². The maximum Gasteiger partial charge on any atom is 0.238 e. The molecule has 0 fully saturated rings. The molecule has 5 nitrogen and oxygen atoms in total. The molecule has 0 unspecified atom stereocenters. The second kappa shape index (κ2) is 11.9. The Morgan fingerprint density at radius 1 is 0.931 bits per heavy atom. The van der Waals surface area contributed by atoms with Gasteiger partial charge in [-0.1, -0.05) is 44.0 Å². The standard InChI is InChI=1S/C22H26FN3O2S/c1-2-3-4-5-16-6-8-17(9-7-16)20(27)14-15-21(28)25-26-22(29)24-19-12-10-18(23)11-13-19/h6-13H,2-5,14-15H2,1H3,(H,25,28)(H2,24,26,29). The van der Waals surface area contributed by atoms with Crippen LogP contribution in [0, 0.1) is 5.82 Å². The summed E-state index contributed by atoms with van der Waals surface area (Å²) >= 11 is 5.05. The molecule has 0 aliphatic carbocycles. The van der Waals surface area contributed by atoms with Gasteiger partial charge in [0.25, 0.3) is 0 Å². The number of unbranched alkanes of at least 4 members (excludes halogenated alkanes) is 2. The van der Waals surface area contributed by atoms with E-state index in [0.717, 1.165) is 12.8 Å². The first-order valence-electron chi connectivity index (χ1n) is 9.71. The van der Waals surface area contributed by atoms with Crippen molar-refractivity contribution in [3.8, 4) is 0 Å². The lowest BCUT2D eigenvalue weighted by Crippen LogP contribution is -2.43. The highest BCUT2D eigenvalue weighted by Gasteiger charge is 2.10. The maximum atomic E-state index is 12.9. The first kappa shape index (κ1) is 22.5. The third-order valence-electron chi connectivity index (χ3n) is 4.34. The third kappa shape index (κ3) is 8.39. The fraction of sp³-hybridized carbons (Fsp3) is 0.318. The highest BCUT2D eigenvalue weighted by atomic mass is 32.1. The smallest absolute Gasteiger partial charge is 0.238 e. The summed E-state index contributed by atoms with van der Waals surface area (Å²) in [6.45, 7) is 2.17. The van der Waals surface area contributed by atoms with Gasteiger partial charge in [0, 0.05) is 24.1 Å². The van der Waals surface area contributed by atoms with Crippen molar-refractivity contribution in [2.24, 2.45) is 0 Å². The molecule has 29 heavy (non-hydrogen) atoms. The monoisotopic (exact) mass is 415 g/mol. The van der Waals surface area contributed by atoms with Crippen molar-refractivity contribution < 1.29 is 14.0 Å². The molecule has 0 aromatic heterocycles. The first-order chi connectivity index (χ1) is 14.0. The number of hydrogen-bond acceptors (Lipinski definition) is 3. The number of hydrogen-bond donors (Lipinski definition) is 3. The third-order valence-corrected chi connectivity index (χ3v) is 4.55. The van der Waals surface area contributed by atoms with Gasteiger partial charge in [-0.05, 0) is 54.9 Å². The average molecular weight is 416 g/mol. The molecule has 2 aromatic rings. The maximum absolute atomic E-state index is 12.9. The van der Waals surface area contributed by atoms with E-state index in [1.165, 1.54) is 42.7 Å². The molecular weight excluding hydrogens is 389 g/mol. The number of aryl methyl sites for hydroxylation is 1. The number of thiocarbonyl (C=S) groups is 1. The van der Waals surface area contributed by atoms with Crippen molar-refractivity contribution in [3.05, 3.63) is 65.5 Å². The molecule has 2 aromatic carbocycles. The lowest BCUT2D eigenvalue weighted by Gasteiger charge is -2.11. The van der Waals surface area contributed by atoms with Gasteiger partial charge < -0.3 is 5.32 Å². The van der Waals surface area contributed by atoms with Gasteiger partial charge in [-0.3, -0.25) is 20.4 Å². The number of rotatable bonds is 9. The van der Waals surface area contributed by atoms with E-state index >= 15 is 0 Å². The molecule has 3 N–H and O–H groups in total. The zero-order chi connectivity index (χ0) is 21.1. The van der Waals surface area contributed by atoms with Gasteiger partial charge in [0.2, 0.25) is 5.91 Å². The van der Waals surface area contributed by atoms with E-state index in [9.17, 15) is 14.0 Å². The van der Waals surface area contributed by atoms with Crippen LogP contribution in [-0.2, 0) is 11.2 Å². The molecule has 0 radical (unpaired) electrons. The number of carbonyl (C=O) groups excluding carboxylic acids is 2. The van der Waals surface area contributed by atoms with Crippen LogP contribution in [0.4, 0.5) is 10.1 Å². The normalized spacial score (nSPS) is 10.3. The van der Waals surface area contributed by atoms with Gasteiger partial charge in [-0.25, -0.2) is 4.39 Å². The molecule has 0 saturated heterocycles. The van der Waals surface area contributed by atoms with Gasteiger partial charge in [-0.15, -0.1) is 0 Å². The van der Waals surface area contributed by atoms with E-state index in [4.69, 9.17) is 12.2 Å². The van der Waals surface area contributed by atoms with Crippen LogP contribution >= 0.6 is 12.2 Å². The molecule has 0 atom stereocenters. The van der Waals surface area contributed by atoms with Gasteiger partial charge in [0.05, 0.1) is 0 Å². The van der Waals surface area contributed by atoms with E-state index in [2.05, 4.69) is 23.1 Å². The van der Waals surface area contributed by atoms with Crippen LogP contribution in [0.25, 0.3) is 0 Å². The zero-order valence-corrected chi connectivity index (χ0v) is 17.3. The minimum atomic E-state index is -0.349. The summed E-state index contributed by atoms with van der Waals surface area (Å²) in [4.78, 5) is 24.2. The van der Waals surface area contributed by atoms with E-state index in [-0.39, 0.29) is 35.5 Å². The molecule has 0 spiro atoms. The molecule has 0 bridgehead atoms. The molecule has 7 heteroatoms. The predicted molar refractivity (Wildman–Crippen MR) is 117 cm³/mol. The van der Waals surface area contributed by atoms with Crippen LogP contribution in [0.1, 0.15) is 54.9 Å². The van der Waals surface area contributed by atoms with Crippen molar-refractivity contribution in [3.63, 3.8) is 0 Å². The van der Waals surface area contributed by atoms with Crippen LogP contribution in [0.15, 0.2) is 48.5 Å². The molecule has 1 amide bonds. The van der Waals surface area contributed by atoms with Crippen molar-refractivity contribution in [2.45, 2.75) is 45.4 Å². The predicted octanol–water partition coefficient (Wildman–Crippen LogP) is 4.54. The average Bonchev–Trinajstić information content (AvgIpc) is 2.73. The lowest BCUT2D eigenvalue weighted by atomic mass is 10.0. The fourth-order valence-electron chi connectivity index (χ4n) is 2.69. The number of anilines is 1. The Hall–Kier alpha value is -2.80. The largest absolute Gasteiger partial charge is 0.331 e. The van der Waals surface area contributed by atoms with Crippen LogP contribution in [0.2, 0.25) is 0 Å². The van der Waals surface area contributed by atoms with Gasteiger partial charge in [-0.2, -0.15) is 0 Å². The zero-order valence-electron chi connectivity index (χ0n) is 16.5. The topological polar surface area (TPSA) is 70.2 Å². The Labute approximate surface area is 176 Å². The Morgan fingerprint density at radius 3 is 2.28 bits per heavy atom. The Morgan fingerprint density at radius 2 is 1.62 bits per heavy atom. The highest BCUT2D eigenvalue weighted by Crippen LogP contribution is 2.11. The summed E-state index contributed by atoms with van der Waals surface area (Å²) in [6, 6.07) is 13.2. The number of hydrazine groups is 1. The summed E-state index contributed by atoms with van der Waals surface area (Å²) in [5, 5.41) is 2.97. The van der Waals surface area contributed by atoms with Gasteiger partial charge in [0.15, 0.2) is 10.9 Å². The second-order valence-electron chi connectivity index (χ2n) is 6.71. The second-order valence-corrected chi connectivity index (χ2v) is 7.12. The number of amides is 1. The van der Waals surface area contributed by atoms with Gasteiger partial charge >= 0.3 is 0 Å². The molecule has 2 rings (SSSR count). The van der Waals surface area contributed by atoms with E-state index in [1.54, 1.807) is 0 Å². The minimum Gasteiger partial charge on any atom is -0.331 e. The van der Waals surface area contributed by atoms with Crippen molar-refractivity contribution in [2.75, 3.05) is 5.32 Å². The first-order valence-corrected chi connectivity index (χ1v) is 10.1. The van der Waals surface area contributed by atoms with E-state index in [1.807, 2.05) is 24.3 Å². The molecule has 154 valence electrons. The van der Waals surface area contributed by atoms with Crippen LogP contribution in [0.3, 0.4) is 0 Å². The molecule has 0 heterocycles. The minimum absolute atomic E-state index is 0.0449. The summed E-state index contributed by atoms with van der Waals surface area (Å²) < 4.78 is 12.9. The van der Waals surface area contributed by atoms with E-state index in [0.29, 0.717) is 11.3 Å². The molecule has 0 saturated carbocycles. The number of benzene rings is 2. The Bertz CT molecular complexity index is 823. The van der Waals surface area contributed by atoms with E-state index < -0.39 is 0 Å². The van der Waals surface area contributed by atoms with Crippen molar-refractivity contribution in [1.82, 2.24) is 10.9 Å². The number of nitrogens with one attached hydrogen (secondary N) is 3. The molecule has 0 aliphatic rings. The molecular formula is C22H26FN3O2S. The number of ketones is 1. The number of halogens is 1. The molecule has 0 aliphatic heterocycles. The number of carbonyl (C=O) groups is 2. The van der Waals surface area contributed by atoms with Crippen LogP contribution < -0.4 is 16.2 Å².